The predicted octanol–water partition coefficient (Wildman–Crippen LogP) is -0.364. The molecule has 15 heavy (non-hydrogen) atoms. The fraction of sp³-hybridized carbons (Fsp3) is 0.333. The molecule has 5 N–H and O–H groups in total. The van der Waals surface area contributed by atoms with E-state index in [-0.39, 0.29) is 17.0 Å². The van der Waals surface area contributed by atoms with Crippen molar-refractivity contribution in [3.8, 4) is 0 Å². The predicted molar refractivity (Wildman–Crippen MR) is 51.8 cm³/mol. The Hall–Kier alpha value is -1.98. The maximum atomic E-state index is 11.4. The first-order valence-electron chi connectivity index (χ1n) is 4.40. The van der Waals surface area contributed by atoms with Gasteiger partial charge in [0.25, 0.3) is 5.91 Å². The highest BCUT2D eigenvalue weighted by Gasteiger charge is 2.19. The van der Waals surface area contributed by atoms with Gasteiger partial charge in [-0.2, -0.15) is 0 Å². The van der Waals surface area contributed by atoms with Gasteiger partial charge in [0.05, 0.1) is 11.3 Å². The molecule has 6 nitrogen and oxygen atoms in total. The summed E-state index contributed by atoms with van der Waals surface area (Å²) in [7, 11) is 0. The van der Waals surface area contributed by atoms with Crippen molar-refractivity contribution in [1.82, 2.24) is 5.32 Å². The second-order valence-corrected chi connectivity index (χ2v) is 3.10. The number of nitrogens with one attached hydrogen (secondary N) is 1. The van der Waals surface area contributed by atoms with Gasteiger partial charge in [0.15, 0.2) is 0 Å². The Morgan fingerprint density at radius 3 is 2.80 bits per heavy atom. The summed E-state index contributed by atoms with van der Waals surface area (Å²) in [5.41, 5.74) is 5.71. The Morgan fingerprint density at radius 1 is 1.53 bits per heavy atom. The van der Waals surface area contributed by atoms with Crippen LogP contribution in [0.3, 0.4) is 0 Å². The molecule has 1 amide bonds. The minimum atomic E-state index is -1.14. The van der Waals surface area contributed by atoms with Gasteiger partial charge in [0, 0.05) is 0 Å². The fourth-order valence-electron chi connectivity index (χ4n) is 1.24. The van der Waals surface area contributed by atoms with E-state index in [1.54, 1.807) is 6.08 Å². The molecule has 0 aliphatic heterocycles. The number of hydrogen-bond acceptors (Lipinski definition) is 4. The molecule has 82 valence electrons. The van der Waals surface area contributed by atoms with Crippen LogP contribution in [0.2, 0.25) is 0 Å². The molecule has 0 aromatic heterocycles. The normalized spacial score (nSPS) is 15.9. The molecule has 0 spiro atoms. The summed E-state index contributed by atoms with van der Waals surface area (Å²) < 4.78 is 0. The Labute approximate surface area is 86.1 Å². The first-order valence-corrected chi connectivity index (χ1v) is 4.40. The second kappa shape index (κ2) is 4.50. The Morgan fingerprint density at radius 2 is 2.20 bits per heavy atom. The SMILES string of the molecule is NC1=CCCC(C(=O)NCC(=O)O)=C1O. The zero-order chi connectivity index (χ0) is 11.4. The molecule has 1 rings (SSSR count). The van der Waals surface area contributed by atoms with E-state index in [9.17, 15) is 14.7 Å². The molecule has 0 radical (unpaired) electrons. The molecule has 0 aromatic carbocycles. The first-order chi connectivity index (χ1) is 7.02. The van der Waals surface area contributed by atoms with Crippen LogP contribution in [0.5, 0.6) is 0 Å². The van der Waals surface area contributed by atoms with Crippen molar-refractivity contribution in [2.75, 3.05) is 6.54 Å². The number of rotatable bonds is 3. The Balaban J connectivity index is 2.71. The lowest BCUT2D eigenvalue weighted by atomic mass is 10.0. The number of aliphatic hydroxyl groups excluding tert-OH is 1. The van der Waals surface area contributed by atoms with Crippen LogP contribution < -0.4 is 11.1 Å². The summed E-state index contributed by atoms with van der Waals surface area (Å²) in [5, 5.41) is 20.0. The van der Waals surface area contributed by atoms with Crippen molar-refractivity contribution in [3.63, 3.8) is 0 Å². The van der Waals surface area contributed by atoms with Crippen LogP contribution in [0.15, 0.2) is 23.1 Å². The van der Waals surface area contributed by atoms with Crippen LogP contribution in [-0.2, 0) is 9.59 Å². The maximum absolute atomic E-state index is 11.4. The lowest BCUT2D eigenvalue weighted by molar-refractivity contribution is -0.137. The fourth-order valence-corrected chi connectivity index (χ4v) is 1.24. The number of carbonyl (C=O) groups is 2. The molecule has 0 unspecified atom stereocenters. The lowest BCUT2D eigenvalue weighted by Crippen LogP contribution is -2.32. The van der Waals surface area contributed by atoms with Gasteiger partial charge < -0.3 is 21.3 Å². The van der Waals surface area contributed by atoms with E-state index in [0.29, 0.717) is 12.8 Å². The molecule has 1 aliphatic rings. The highest BCUT2D eigenvalue weighted by atomic mass is 16.4. The minimum Gasteiger partial charge on any atom is -0.505 e. The van der Waals surface area contributed by atoms with Gasteiger partial charge in [-0.1, -0.05) is 6.08 Å². The average molecular weight is 212 g/mol. The zero-order valence-corrected chi connectivity index (χ0v) is 7.99. The van der Waals surface area contributed by atoms with Crippen LogP contribution in [0.1, 0.15) is 12.8 Å². The van der Waals surface area contributed by atoms with Crippen LogP contribution in [-0.4, -0.2) is 28.6 Å². The van der Waals surface area contributed by atoms with Crippen molar-refractivity contribution in [2.24, 2.45) is 5.73 Å². The van der Waals surface area contributed by atoms with E-state index in [4.69, 9.17) is 10.8 Å². The highest BCUT2D eigenvalue weighted by molar-refractivity contribution is 5.96. The monoisotopic (exact) mass is 212 g/mol. The second-order valence-electron chi connectivity index (χ2n) is 3.10. The molecule has 0 atom stereocenters. The number of carbonyl (C=O) groups excluding carboxylic acids is 1. The molecular weight excluding hydrogens is 200 g/mol. The van der Waals surface area contributed by atoms with E-state index >= 15 is 0 Å². The van der Waals surface area contributed by atoms with E-state index in [1.165, 1.54) is 0 Å². The number of hydrogen-bond donors (Lipinski definition) is 4. The third-order valence-corrected chi connectivity index (χ3v) is 1.99. The molecule has 0 fully saturated rings. The van der Waals surface area contributed by atoms with Crippen LogP contribution in [0, 0.1) is 0 Å². The van der Waals surface area contributed by atoms with Crippen LogP contribution in [0.25, 0.3) is 0 Å². The van der Waals surface area contributed by atoms with Gasteiger partial charge in [0.2, 0.25) is 0 Å². The molecule has 0 bridgehead atoms. The number of carboxylic acids is 1. The molecule has 0 saturated heterocycles. The maximum Gasteiger partial charge on any atom is 0.322 e. The topological polar surface area (TPSA) is 113 Å². The first kappa shape index (κ1) is 11.1. The van der Waals surface area contributed by atoms with Crippen molar-refractivity contribution in [1.29, 1.82) is 0 Å². The van der Waals surface area contributed by atoms with E-state index in [1.807, 2.05) is 0 Å². The standard InChI is InChI=1S/C9H12N2O4/c10-6-3-1-2-5(8(6)14)9(15)11-4-7(12)13/h3,14H,1-2,4,10H2,(H,11,15)(H,12,13). The number of aliphatic hydroxyl groups is 1. The van der Waals surface area contributed by atoms with Crippen LogP contribution >= 0.6 is 0 Å². The molecular formula is C9H12N2O4. The van der Waals surface area contributed by atoms with Gasteiger partial charge >= 0.3 is 5.97 Å². The van der Waals surface area contributed by atoms with E-state index in [0.717, 1.165) is 0 Å². The third-order valence-electron chi connectivity index (χ3n) is 1.99. The molecule has 0 aromatic rings. The smallest absolute Gasteiger partial charge is 0.322 e. The molecule has 0 heterocycles. The summed E-state index contributed by atoms with van der Waals surface area (Å²) in [4.78, 5) is 21.6. The number of amides is 1. The Kier molecular flexibility index (Phi) is 3.33. The van der Waals surface area contributed by atoms with Gasteiger partial charge in [-0.3, -0.25) is 9.59 Å². The van der Waals surface area contributed by atoms with E-state index < -0.39 is 18.4 Å². The quantitative estimate of drug-likeness (QED) is 0.510. The summed E-state index contributed by atoms with van der Waals surface area (Å²) in [5.74, 6) is -1.99. The minimum absolute atomic E-state index is 0.135. The van der Waals surface area contributed by atoms with Crippen molar-refractivity contribution in [3.05, 3.63) is 23.1 Å². The summed E-state index contributed by atoms with van der Waals surface area (Å²) in [6.45, 7) is -0.473. The lowest BCUT2D eigenvalue weighted by Gasteiger charge is -2.14. The zero-order valence-electron chi connectivity index (χ0n) is 7.99. The van der Waals surface area contributed by atoms with Gasteiger partial charge in [0.1, 0.15) is 12.3 Å². The highest BCUT2D eigenvalue weighted by Crippen LogP contribution is 2.20. The number of carboxylic acid groups (broad SMARTS) is 1. The average Bonchev–Trinajstić information content (AvgIpc) is 2.18. The molecule has 1 aliphatic carbocycles. The van der Waals surface area contributed by atoms with Crippen molar-refractivity contribution >= 4 is 11.9 Å². The van der Waals surface area contributed by atoms with Gasteiger partial charge in [-0.05, 0) is 12.8 Å². The molecule has 0 saturated carbocycles. The summed E-state index contributed by atoms with van der Waals surface area (Å²) in [6.07, 6.45) is 2.53. The van der Waals surface area contributed by atoms with Gasteiger partial charge in [-0.15, -0.1) is 0 Å². The van der Waals surface area contributed by atoms with E-state index in [2.05, 4.69) is 5.32 Å². The van der Waals surface area contributed by atoms with Crippen molar-refractivity contribution < 1.29 is 19.8 Å². The number of nitrogens with two attached hydrogens (primary N) is 1. The van der Waals surface area contributed by atoms with Crippen molar-refractivity contribution in [2.45, 2.75) is 12.8 Å². The number of aliphatic carboxylic acids is 1. The number of allylic oxidation sites excluding steroid dienone is 1. The van der Waals surface area contributed by atoms with Crippen LogP contribution in [0.4, 0.5) is 0 Å². The molecule has 6 heteroatoms. The third kappa shape index (κ3) is 2.73. The summed E-state index contributed by atoms with van der Waals surface area (Å²) >= 11 is 0. The van der Waals surface area contributed by atoms with Gasteiger partial charge in [-0.25, -0.2) is 0 Å². The summed E-state index contributed by atoms with van der Waals surface area (Å²) in [6, 6.07) is 0. The Bertz CT molecular complexity index is 357. The largest absolute Gasteiger partial charge is 0.505 e.